The van der Waals surface area contributed by atoms with Crippen molar-refractivity contribution in [3.05, 3.63) is 28.5 Å². The number of amides is 1. The predicted octanol–water partition coefficient (Wildman–Crippen LogP) is 2.39. The van der Waals surface area contributed by atoms with Gasteiger partial charge >= 0.3 is 0 Å². The number of aromatic nitrogens is 1. The average Bonchev–Trinajstić information content (AvgIpc) is 2.28. The van der Waals surface area contributed by atoms with Gasteiger partial charge in [-0.3, -0.25) is 4.79 Å². The predicted molar refractivity (Wildman–Crippen MR) is 70.0 cm³/mol. The molecule has 0 aromatic carbocycles. The van der Waals surface area contributed by atoms with Crippen molar-refractivity contribution < 1.29 is 9.53 Å². The van der Waals surface area contributed by atoms with Crippen LogP contribution in [-0.2, 0) is 4.74 Å². The molecule has 1 heterocycles. The van der Waals surface area contributed by atoms with Crippen LogP contribution in [-0.4, -0.2) is 30.1 Å². The zero-order valence-corrected chi connectivity index (χ0v) is 11.7. The van der Waals surface area contributed by atoms with Crippen molar-refractivity contribution in [2.75, 3.05) is 13.2 Å². The third-order valence-electron chi connectivity index (χ3n) is 2.06. The van der Waals surface area contributed by atoms with Crippen molar-refractivity contribution in [1.82, 2.24) is 10.3 Å². The molecule has 94 valence electrons. The number of ether oxygens (including phenoxy) is 1. The second kappa shape index (κ2) is 7.40. The lowest BCUT2D eigenvalue weighted by molar-refractivity contribution is 0.0757. The Morgan fingerprint density at radius 3 is 3.00 bits per heavy atom. The number of pyridine rings is 1. The van der Waals surface area contributed by atoms with E-state index >= 15 is 0 Å². The van der Waals surface area contributed by atoms with Crippen LogP contribution in [0.3, 0.4) is 0 Å². The third-order valence-corrected chi connectivity index (χ3v) is 2.69. The fourth-order valence-corrected chi connectivity index (χ4v) is 1.67. The van der Waals surface area contributed by atoms with Crippen LogP contribution in [0.4, 0.5) is 0 Å². The van der Waals surface area contributed by atoms with Crippen molar-refractivity contribution in [3.63, 3.8) is 0 Å². The Balaban J connectivity index is 2.29. The first-order valence-electron chi connectivity index (χ1n) is 5.61. The lowest BCUT2D eigenvalue weighted by Crippen LogP contribution is -2.26. The largest absolute Gasteiger partial charge is 0.379 e. The van der Waals surface area contributed by atoms with Crippen LogP contribution in [0.15, 0.2) is 22.9 Å². The van der Waals surface area contributed by atoms with Gasteiger partial charge in [-0.15, -0.1) is 0 Å². The van der Waals surface area contributed by atoms with Crippen molar-refractivity contribution in [2.24, 2.45) is 0 Å². The summed E-state index contributed by atoms with van der Waals surface area (Å²) in [5.74, 6) is -0.116. The Bertz CT molecular complexity index is 369. The van der Waals surface area contributed by atoms with E-state index in [1.165, 1.54) is 0 Å². The highest BCUT2D eigenvalue weighted by Gasteiger charge is 2.08. The summed E-state index contributed by atoms with van der Waals surface area (Å²) in [6.45, 7) is 5.25. The quantitative estimate of drug-likeness (QED) is 0.648. The molecular formula is C12H17BrN2O2. The van der Waals surface area contributed by atoms with Gasteiger partial charge in [0.25, 0.3) is 5.91 Å². The van der Waals surface area contributed by atoms with Gasteiger partial charge < -0.3 is 10.1 Å². The molecule has 4 nitrogen and oxygen atoms in total. The fraction of sp³-hybridized carbons (Fsp3) is 0.500. The molecule has 0 bridgehead atoms. The molecular weight excluding hydrogens is 284 g/mol. The minimum absolute atomic E-state index is 0.116. The number of carbonyl (C=O) groups is 1. The molecule has 0 radical (unpaired) electrons. The first-order valence-corrected chi connectivity index (χ1v) is 6.41. The third kappa shape index (κ3) is 5.28. The standard InChI is InChI=1S/C12H17BrN2O2/c1-9(2)17-8-4-7-15-12(16)10-5-3-6-14-11(10)13/h3,5-6,9H,4,7-8H2,1-2H3,(H,15,16). The molecule has 0 spiro atoms. The van der Waals surface area contributed by atoms with Crippen LogP contribution in [0, 0.1) is 0 Å². The van der Waals surface area contributed by atoms with Crippen molar-refractivity contribution in [1.29, 1.82) is 0 Å². The smallest absolute Gasteiger partial charge is 0.254 e. The molecule has 0 saturated carbocycles. The molecule has 1 amide bonds. The van der Waals surface area contributed by atoms with Gasteiger partial charge in [0.1, 0.15) is 4.60 Å². The van der Waals surface area contributed by atoms with Gasteiger partial charge in [0.2, 0.25) is 0 Å². The zero-order valence-electron chi connectivity index (χ0n) is 10.1. The highest BCUT2D eigenvalue weighted by atomic mass is 79.9. The Morgan fingerprint density at radius 1 is 1.59 bits per heavy atom. The Labute approximate surface area is 110 Å². The molecule has 5 heteroatoms. The molecule has 17 heavy (non-hydrogen) atoms. The summed E-state index contributed by atoms with van der Waals surface area (Å²) < 4.78 is 5.95. The molecule has 0 unspecified atom stereocenters. The number of nitrogens with zero attached hydrogens (tertiary/aromatic N) is 1. The number of halogens is 1. The van der Waals surface area contributed by atoms with Gasteiger partial charge in [0.05, 0.1) is 11.7 Å². The molecule has 0 fully saturated rings. The van der Waals surface area contributed by atoms with Gasteiger partial charge in [-0.25, -0.2) is 4.98 Å². The molecule has 1 aromatic rings. The first kappa shape index (κ1) is 14.1. The van der Waals surface area contributed by atoms with Crippen LogP contribution >= 0.6 is 15.9 Å². The van der Waals surface area contributed by atoms with Crippen molar-refractivity contribution >= 4 is 21.8 Å². The van der Waals surface area contributed by atoms with Crippen LogP contribution in [0.25, 0.3) is 0 Å². The minimum atomic E-state index is -0.116. The van der Waals surface area contributed by atoms with Crippen molar-refractivity contribution in [3.8, 4) is 0 Å². The summed E-state index contributed by atoms with van der Waals surface area (Å²) in [4.78, 5) is 15.7. The molecule has 1 N–H and O–H groups in total. The Kier molecular flexibility index (Phi) is 6.15. The zero-order chi connectivity index (χ0) is 12.7. The number of rotatable bonds is 6. The number of carbonyl (C=O) groups excluding carboxylic acids is 1. The van der Waals surface area contributed by atoms with E-state index in [2.05, 4.69) is 26.2 Å². The van der Waals surface area contributed by atoms with Gasteiger partial charge in [-0.2, -0.15) is 0 Å². The maximum atomic E-state index is 11.7. The maximum Gasteiger partial charge on any atom is 0.254 e. The Morgan fingerprint density at radius 2 is 2.35 bits per heavy atom. The highest BCUT2D eigenvalue weighted by Crippen LogP contribution is 2.11. The summed E-state index contributed by atoms with van der Waals surface area (Å²) in [5, 5.41) is 2.82. The fourth-order valence-electron chi connectivity index (χ4n) is 1.24. The lowest BCUT2D eigenvalue weighted by atomic mass is 10.2. The summed E-state index contributed by atoms with van der Waals surface area (Å²) in [6, 6.07) is 3.47. The van der Waals surface area contributed by atoms with E-state index < -0.39 is 0 Å². The van der Waals surface area contributed by atoms with Crippen LogP contribution in [0.5, 0.6) is 0 Å². The van der Waals surface area contributed by atoms with Gasteiger partial charge in [0, 0.05) is 19.3 Å². The summed E-state index contributed by atoms with van der Waals surface area (Å²) in [5.41, 5.74) is 0.553. The lowest BCUT2D eigenvalue weighted by Gasteiger charge is -2.08. The first-order chi connectivity index (χ1) is 8.11. The molecule has 0 aliphatic heterocycles. The summed E-state index contributed by atoms with van der Waals surface area (Å²) >= 11 is 3.24. The van der Waals surface area contributed by atoms with Gasteiger partial charge in [-0.1, -0.05) is 0 Å². The topological polar surface area (TPSA) is 51.2 Å². The normalized spacial score (nSPS) is 10.6. The SMILES string of the molecule is CC(C)OCCCNC(=O)c1cccnc1Br. The summed E-state index contributed by atoms with van der Waals surface area (Å²) in [6.07, 6.45) is 2.68. The van der Waals surface area contributed by atoms with Crippen LogP contribution < -0.4 is 5.32 Å². The van der Waals surface area contributed by atoms with E-state index in [-0.39, 0.29) is 12.0 Å². The van der Waals surface area contributed by atoms with E-state index in [1.54, 1.807) is 18.3 Å². The monoisotopic (exact) mass is 300 g/mol. The molecule has 0 saturated heterocycles. The van der Waals surface area contributed by atoms with Crippen LogP contribution in [0.1, 0.15) is 30.6 Å². The van der Waals surface area contributed by atoms with Crippen LogP contribution in [0.2, 0.25) is 0 Å². The van der Waals surface area contributed by atoms with E-state index in [4.69, 9.17) is 4.74 Å². The maximum absolute atomic E-state index is 11.7. The highest BCUT2D eigenvalue weighted by molar-refractivity contribution is 9.10. The van der Waals surface area contributed by atoms with E-state index in [0.717, 1.165) is 6.42 Å². The summed E-state index contributed by atoms with van der Waals surface area (Å²) in [7, 11) is 0. The molecule has 1 aromatic heterocycles. The van der Waals surface area contributed by atoms with E-state index in [9.17, 15) is 4.79 Å². The molecule has 0 atom stereocenters. The average molecular weight is 301 g/mol. The van der Waals surface area contributed by atoms with Gasteiger partial charge in [-0.05, 0) is 48.3 Å². The van der Waals surface area contributed by atoms with E-state index in [1.807, 2.05) is 13.8 Å². The Hall–Kier alpha value is -0.940. The second-order valence-electron chi connectivity index (χ2n) is 3.87. The number of hydrogen-bond donors (Lipinski definition) is 1. The van der Waals surface area contributed by atoms with Gasteiger partial charge in [0.15, 0.2) is 0 Å². The molecule has 0 aliphatic carbocycles. The number of hydrogen-bond acceptors (Lipinski definition) is 3. The molecule has 1 rings (SSSR count). The van der Waals surface area contributed by atoms with E-state index in [0.29, 0.717) is 23.3 Å². The van der Waals surface area contributed by atoms with Crippen molar-refractivity contribution in [2.45, 2.75) is 26.4 Å². The minimum Gasteiger partial charge on any atom is -0.379 e. The molecule has 0 aliphatic rings. The number of nitrogens with one attached hydrogen (secondary N) is 1. The second-order valence-corrected chi connectivity index (χ2v) is 4.62.